The van der Waals surface area contributed by atoms with Crippen LogP contribution >= 0.6 is 22.9 Å². The second-order valence-corrected chi connectivity index (χ2v) is 3.79. The molecule has 3 nitrogen and oxygen atoms in total. The molecule has 0 aliphatic heterocycles. The van der Waals surface area contributed by atoms with Crippen LogP contribution in [0.2, 0.25) is 5.15 Å². The van der Waals surface area contributed by atoms with Crippen LogP contribution in [0.4, 0.5) is 5.13 Å². The van der Waals surface area contributed by atoms with E-state index in [4.69, 9.17) is 16.7 Å². The van der Waals surface area contributed by atoms with E-state index in [-0.39, 0.29) is 6.10 Å². The summed E-state index contributed by atoms with van der Waals surface area (Å²) in [6, 6.07) is 0. The molecule has 1 atom stereocenters. The number of aliphatic hydroxyl groups is 1. The summed E-state index contributed by atoms with van der Waals surface area (Å²) in [7, 11) is 0. The fraction of sp³-hybridized carbons (Fsp3) is 0.571. The number of thiazole rings is 1. The number of aromatic nitrogens is 1. The SMILES string of the molecule is CC(O)CCNc1nc(Cl)cs1. The van der Waals surface area contributed by atoms with Crippen molar-refractivity contribution < 1.29 is 5.11 Å². The van der Waals surface area contributed by atoms with Gasteiger partial charge in [0.25, 0.3) is 0 Å². The Balaban J connectivity index is 2.24. The number of rotatable bonds is 4. The van der Waals surface area contributed by atoms with Crippen molar-refractivity contribution in [2.24, 2.45) is 0 Å². The van der Waals surface area contributed by atoms with E-state index in [1.807, 2.05) is 0 Å². The Bertz CT molecular complexity index is 239. The third kappa shape index (κ3) is 3.38. The van der Waals surface area contributed by atoms with Crippen molar-refractivity contribution in [2.45, 2.75) is 19.4 Å². The van der Waals surface area contributed by atoms with Gasteiger partial charge in [-0.15, -0.1) is 11.3 Å². The van der Waals surface area contributed by atoms with Gasteiger partial charge in [-0.3, -0.25) is 0 Å². The van der Waals surface area contributed by atoms with Crippen LogP contribution in [0.25, 0.3) is 0 Å². The zero-order valence-corrected chi connectivity index (χ0v) is 8.32. The monoisotopic (exact) mass is 206 g/mol. The summed E-state index contributed by atoms with van der Waals surface area (Å²) in [6.07, 6.45) is 0.449. The molecule has 1 aromatic rings. The topological polar surface area (TPSA) is 45.1 Å². The molecule has 0 radical (unpaired) electrons. The summed E-state index contributed by atoms with van der Waals surface area (Å²) in [4.78, 5) is 4.00. The van der Waals surface area contributed by atoms with E-state index in [0.717, 1.165) is 18.1 Å². The van der Waals surface area contributed by atoms with Crippen molar-refractivity contribution in [2.75, 3.05) is 11.9 Å². The van der Waals surface area contributed by atoms with E-state index in [1.54, 1.807) is 12.3 Å². The molecule has 2 N–H and O–H groups in total. The molecule has 0 saturated heterocycles. The van der Waals surface area contributed by atoms with Gasteiger partial charge < -0.3 is 10.4 Å². The number of anilines is 1. The highest BCUT2D eigenvalue weighted by Crippen LogP contribution is 2.18. The largest absolute Gasteiger partial charge is 0.393 e. The molecule has 1 rings (SSSR count). The predicted octanol–water partition coefficient (Wildman–Crippen LogP) is 1.98. The molecule has 0 saturated carbocycles. The van der Waals surface area contributed by atoms with Crippen LogP contribution in [0.1, 0.15) is 13.3 Å². The van der Waals surface area contributed by atoms with E-state index in [0.29, 0.717) is 5.15 Å². The maximum Gasteiger partial charge on any atom is 0.184 e. The first-order chi connectivity index (χ1) is 5.68. The molecule has 68 valence electrons. The molecular weight excluding hydrogens is 196 g/mol. The lowest BCUT2D eigenvalue weighted by Gasteiger charge is -2.03. The minimum absolute atomic E-state index is 0.270. The predicted molar refractivity (Wildman–Crippen MR) is 51.9 cm³/mol. The molecule has 1 heterocycles. The lowest BCUT2D eigenvalue weighted by Crippen LogP contribution is -2.09. The average molecular weight is 207 g/mol. The molecule has 0 aliphatic carbocycles. The summed E-state index contributed by atoms with van der Waals surface area (Å²) < 4.78 is 0. The Morgan fingerprint density at radius 1 is 1.83 bits per heavy atom. The van der Waals surface area contributed by atoms with Crippen LogP contribution in [-0.2, 0) is 0 Å². The summed E-state index contributed by atoms with van der Waals surface area (Å²) in [5, 5.41) is 15.1. The van der Waals surface area contributed by atoms with Gasteiger partial charge in [0.2, 0.25) is 0 Å². The average Bonchev–Trinajstić information content (AvgIpc) is 2.35. The highest BCUT2D eigenvalue weighted by molar-refractivity contribution is 7.14. The Morgan fingerprint density at radius 2 is 2.58 bits per heavy atom. The van der Waals surface area contributed by atoms with Gasteiger partial charge in [0.1, 0.15) is 5.15 Å². The van der Waals surface area contributed by atoms with E-state index in [9.17, 15) is 0 Å². The fourth-order valence-corrected chi connectivity index (χ4v) is 1.59. The van der Waals surface area contributed by atoms with Crippen molar-refractivity contribution in [3.05, 3.63) is 10.5 Å². The van der Waals surface area contributed by atoms with Crippen LogP contribution in [0, 0.1) is 0 Å². The number of nitrogens with zero attached hydrogens (tertiary/aromatic N) is 1. The molecule has 12 heavy (non-hydrogen) atoms. The van der Waals surface area contributed by atoms with Crippen LogP contribution in [0.15, 0.2) is 5.38 Å². The number of nitrogens with one attached hydrogen (secondary N) is 1. The van der Waals surface area contributed by atoms with Gasteiger partial charge in [0, 0.05) is 11.9 Å². The first-order valence-electron chi connectivity index (χ1n) is 3.71. The van der Waals surface area contributed by atoms with E-state index in [1.165, 1.54) is 11.3 Å². The van der Waals surface area contributed by atoms with Crippen LogP contribution in [-0.4, -0.2) is 22.7 Å². The highest BCUT2D eigenvalue weighted by atomic mass is 35.5. The molecular formula is C7H11ClN2OS. The highest BCUT2D eigenvalue weighted by Gasteiger charge is 1.99. The summed E-state index contributed by atoms with van der Waals surface area (Å²) >= 11 is 7.08. The van der Waals surface area contributed by atoms with Crippen molar-refractivity contribution in [1.29, 1.82) is 0 Å². The number of halogens is 1. The molecule has 1 aromatic heterocycles. The van der Waals surface area contributed by atoms with E-state index >= 15 is 0 Å². The Labute approximate surface area is 80.4 Å². The first-order valence-corrected chi connectivity index (χ1v) is 4.97. The number of hydrogen-bond acceptors (Lipinski definition) is 4. The molecule has 0 fully saturated rings. The van der Waals surface area contributed by atoms with Gasteiger partial charge in [-0.1, -0.05) is 11.6 Å². The normalized spacial score (nSPS) is 12.9. The third-order valence-corrected chi connectivity index (χ3v) is 2.44. The van der Waals surface area contributed by atoms with Gasteiger partial charge in [-0.2, -0.15) is 0 Å². The Kier molecular flexibility index (Phi) is 3.78. The van der Waals surface area contributed by atoms with Crippen molar-refractivity contribution in [3.8, 4) is 0 Å². The maximum absolute atomic E-state index is 8.95. The lowest BCUT2D eigenvalue weighted by molar-refractivity contribution is 0.189. The standard InChI is InChI=1S/C7H11ClN2OS/c1-5(11)2-3-9-7-10-6(8)4-12-7/h4-5,11H,2-3H2,1H3,(H,9,10). The number of aliphatic hydroxyl groups excluding tert-OH is 1. The molecule has 0 spiro atoms. The summed E-state index contributed by atoms with van der Waals surface area (Å²) in [6.45, 7) is 2.48. The summed E-state index contributed by atoms with van der Waals surface area (Å²) in [5.41, 5.74) is 0. The quantitative estimate of drug-likeness (QED) is 0.792. The fourth-order valence-electron chi connectivity index (χ4n) is 0.723. The third-order valence-electron chi connectivity index (χ3n) is 1.31. The smallest absolute Gasteiger partial charge is 0.184 e. The molecule has 0 bridgehead atoms. The first kappa shape index (κ1) is 9.77. The Morgan fingerprint density at radius 3 is 3.08 bits per heavy atom. The van der Waals surface area contributed by atoms with Gasteiger partial charge in [0.15, 0.2) is 5.13 Å². The zero-order chi connectivity index (χ0) is 8.97. The van der Waals surface area contributed by atoms with Gasteiger partial charge in [0.05, 0.1) is 6.10 Å². The molecule has 0 aromatic carbocycles. The summed E-state index contributed by atoms with van der Waals surface area (Å²) in [5.74, 6) is 0. The van der Waals surface area contributed by atoms with E-state index < -0.39 is 0 Å². The van der Waals surface area contributed by atoms with Crippen molar-refractivity contribution in [3.63, 3.8) is 0 Å². The maximum atomic E-state index is 8.95. The number of hydrogen-bond donors (Lipinski definition) is 2. The second kappa shape index (κ2) is 4.64. The minimum atomic E-state index is -0.270. The van der Waals surface area contributed by atoms with E-state index in [2.05, 4.69) is 10.3 Å². The van der Waals surface area contributed by atoms with Crippen LogP contribution in [0.5, 0.6) is 0 Å². The van der Waals surface area contributed by atoms with Gasteiger partial charge >= 0.3 is 0 Å². The van der Waals surface area contributed by atoms with Crippen molar-refractivity contribution in [1.82, 2.24) is 4.98 Å². The zero-order valence-electron chi connectivity index (χ0n) is 6.75. The van der Waals surface area contributed by atoms with Crippen molar-refractivity contribution >= 4 is 28.1 Å². The van der Waals surface area contributed by atoms with Gasteiger partial charge in [-0.25, -0.2) is 4.98 Å². The Hall–Kier alpha value is -0.320. The lowest BCUT2D eigenvalue weighted by atomic mass is 10.3. The van der Waals surface area contributed by atoms with Gasteiger partial charge in [-0.05, 0) is 13.3 Å². The molecule has 5 heteroatoms. The molecule has 0 aliphatic rings. The minimum Gasteiger partial charge on any atom is -0.393 e. The molecule has 1 unspecified atom stereocenters. The molecule has 0 amide bonds. The van der Waals surface area contributed by atoms with Crippen LogP contribution < -0.4 is 5.32 Å². The van der Waals surface area contributed by atoms with Crippen LogP contribution in [0.3, 0.4) is 0 Å². The second-order valence-electron chi connectivity index (χ2n) is 2.54.